The predicted molar refractivity (Wildman–Crippen MR) is 63.7 cm³/mol. The van der Waals surface area contributed by atoms with Crippen molar-refractivity contribution in [1.82, 2.24) is 5.32 Å². The van der Waals surface area contributed by atoms with Crippen molar-refractivity contribution in [1.29, 1.82) is 0 Å². The molecule has 1 atom stereocenters. The van der Waals surface area contributed by atoms with Gasteiger partial charge in [-0.25, -0.2) is 4.79 Å². The molecule has 1 amide bonds. The lowest BCUT2D eigenvalue weighted by Gasteiger charge is -2.13. The van der Waals surface area contributed by atoms with E-state index in [1.165, 1.54) is 0 Å². The first kappa shape index (κ1) is 15.2. The van der Waals surface area contributed by atoms with Crippen LogP contribution in [0.25, 0.3) is 0 Å². The van der Waals surface area contributed by atoms with Crippen LogP contribution >= 0.6 is 11.8 Å². The first-order chi connectivity index (χ1) is 7.61. The van der Waals surface area contributed by atoms with Crippen LogP contribution in [0, 0.1) is 0 Å². The number of rotatable bonds is 9. The Morgan fingerprint density at radius 1 is 1.50 bits per heavy atom. The van der Waals surface area contributed by atoms with E-state index in [-0.39, 0.29) is 5.91 Å². The maximum absolute atomic E-state index is 11.4. The van der Waals surface area contributed by atoms with Gasteiger partial charge in [-0.3, -0.25) is 4.79 Å². The van der Waals surface area contributed by atoms with Gasteiger partial charge in [0, 0.05) is 20.1 Å². The van der Waals surface area contributed by atoms with E-state index < -0.39 is 12.0 Å². The summed E-state index contributed by atoms with van der Waals surface area (Å²) in [5.41, 5.74) is 0. The summed E-state index contributed by atoms with van der Waals surface area (Å²) in [7, 11) is 1.57. The Bertz CT molecular complexity index is 223. The van der Waals surface area contributed by atoms with Gasteiger partial charge in [-0.15, -0.1) is 0 Å². The molecule has 0 saturated carbocycles. The van der Waals surface area contributed by atoms with E-state index in [0.717, 1.165) is 5.75 Å². The molecule has 0 aromatic rings. The lowest BCUT2D eigenvalue weighted by Crippen LogP contribution is -2.41. The Balaban J connectivity index is 3.88. The molecule has 0 aliphatic heterocycles. The molecule has 0 rings (SSSR count). The fraction of sp³-hybridized carbons (Fsp3) is 0.800. The molecule has 2 N–H and O–H groups in total. The van der Waals surface area contributed by atoms with Crippen LogP contribution in [0.3, 0.4) is 0 Å². The molecule has 0 spiro atoms. The van der Waals surface area contributed by atoms with Gasteiger partial charge in [-0.2, -0.15) is 11.8 Å². The third kappa shape index (κ3) is 7.53. The van der Waals surface area contributed by atoms with Crippen molar-refractivity contribution in [3.63, 3.8) is 0 Å². The maximum Gasteiger partial charge on any atom is 0.326 e. The summed E-state index contributed by atoms with van der Waals surface area (Å²) in [6.07, 6.45) is 3.26. The van der Waals surface area contributed by atoms with E-state index >= 15 is 0 Å². The zero-order chi connectivity index (χ0) is 12.4. The first-order valence-corrected chi connectivity index (χ1v) is 6.51. The highest BCUT2D eigenvalue weighted by molar-refractivity contribution is 7.98. The number of hydrogen-bond acceptors (Lipinski definition) is 4. The molecule has 16 heavy (non-hydrogen) atoms. The number of amides is 1. The summed E-state index contributed by atoms with van der Waals surface area (Å²) in [6, 6.07) is -0.775. The third-order valence-corrected chi connectivity index (χ3v) is 2.64. The molecule has 0 aliphatic rings. The number of ether oxygens (including phenoxy) is 1. The van der Waals surface area contributed by atoms with Crippen molar-refractivity contribution in [2.75, 3.05) is 25.7 Å². The fourth-order valence-corrected chi connectivity index (χ4v) is 1.61. The summed E-state index contributed by atoms with van der Waals surface area (Å²) < 4.78 is 4.81. The van der Waals surface area contributed by atoms with Gasteiger partial charge in [0.25, 0.3) is 0 Å². The summed E-state index contributed by atoms with van der Waals surface area (Å²) >= 11 is 1.56. The van der Waals surface area contributed by atoms with E-state index in [1.54, 1.807) is 18.9 Å². The monoisotopic (exact) mass is 249 g/mol. The minimum atomic E-state index is -0.978. The number of nitrogens with one attached hydrogen (secondary N) is 1. The smallest absolute Gasteiger partial charge is 0.326 e. The second-order valence-corrected chi connectivity index (χ2v) is 4.32. The number of carboxylic acids is 1. The largest absolute Gasteiger partial charge is 0.480 e. The van der Waals surface area contributed by atoms with Crippen LogP contribution in [0.15, 0.2) is 0 Å². The molecule has 0 aromatic carbocycles. The second kappa shape index (κ2) is 9.47. The molecule has 94 valence electrons. The highest BCUT2D eigenvalue weighted by Crippen LogP contribution is 2.02. The lowest BCUT2D eigenvalue weighted by atomic mass is 10.2. The Labute approximate surface area is 99.9 Å². The molecule has 0 bridgehead atoms. The lowest BCUT2D eigenvalue weighted by molar-refractivity contribution is -0.141. The number of carboxylic acid groups (broad SMARTS) is 1. The van der Waals surface area contributed by atoms with Crippen molar-refractivity contribution in [3.05, 3.63) is 0 Å². The molecule has 0 radical (unpaired) electrons. The predicted octanol–water partition coefficient (Wildman–Crippen LogP) is 0.735. The van der Waals surface area contributed by atoms with Gasteiger partial charge in [-0.1, -0.05) is 0 Å². The second-order valence-electron chi connectivity index (χ2n) is 3.34. The molecule has 0 fully saturated rings. The maximum atomic E-state index is 11.4. The Morgan fingerprint density at radius 2 is 2.19 bits per heavy atom. The van der Waals surface area contributed by atoms with Crippen LogP contribution in [-0.2, 0) is 14.3 Å². The minimum Gasteiger partial charge on any atom is -0.480 e. The average Bonchev–Trinajstić information content (AvgIpc) is 2.24. The van der Waals surface area contributed by atoms with E-state index in [1.807, 2.05) is 6.26 Å². The number of methoxy groups -OCH3 is 1. The molecule has 0 aliphatic carbocycles. The van der Waals surface area contributed by atoms with Crippen molar-refractivity contribution in [3.8, 4) is 0 Å². The number of thioether (sulfide) groups is 1. The van der Waals surface area contributed by atoms with Gasteiger partial charge in [0.2, 0.25) is 5.91 Å². The number of carbonyl (C=O) groups excluding carboxylic acids is 1. The number of hydrogen-bond donors (Lipinski definition) is 2. The van der Waals surface area contributed by atoms with Crippen molar-refractivity contribution in [2.45, 2.75) is 25.3 Å². The van der Waals surface area contributed by atoms with E-state index in [4.69, 9.17) is 9.84 Å². The fourth-order valence-electron chi connectivity index (χ4n) is 1.14. The van der Waals surface area contributed by atoms with E-state index in [0.29, 0.717) is 25.9 Å². The van der Waals surface area contributed by atoms with Crippen LogP contribution in [0.2, 0.25) is 0 Å². The van der Waals surface area contributed by atoms with Gasteiger partial charge in [0.15, 0.2) is 0 Å². The molecule has 0 aromatic heterocycles. The van der Waals surface area contributed by atoms with Crippen LogP contribution in [0.4, 0.5) is 0 Å². The first-order valence-electron chi connectivity index (χ1n) is 5.11. The van der Waals surface area contributed by atoms with E-state index in [2.05, 4.69) is 5.32 Å². The minimum absolute atomic E-state index is 0.231. The van der Waals surface area contributed by atoms with Crippen molar-refractivity contribution >= 4 is 23.6 Å². The highest BCUT2D eigenvalue weighted by atomic mass is 32.2. The summed E-state index contributed by atoms with van der Waals surface area (Å²) in [5.74, 6) is -0.491. The van der Waals surface area contributed by atoms with E-state index in [9.17, 15) is 9.59 Å². The molecular weight excluding hydrogens is 230 g/mol. The zero-order valence-electron chi connectivity index (χ0n) is 9.69. The third-order valence-electron chi connectivity index (χ3n) is 2.00. The van der Waals surface area contributed by atoms with Crippen LogP contribution in [0.5, 0.6) is 0 Å². The Morgan fingerprint density at radius 3 is 2.69 bits per heavy atom. The molecule has 6 heteroatoms. The average molecular weight is 249 g/mol. The Kier molecular flexibility index (Phi) is 9.03. The molecular formula is C10H19NO4S. The van der Waals surface area contributed by atoms with Crippen molar-refractivity contribution in [2.24, 2.45) is 0 Å². The van der Waals surface area contributed by atoms with Gasteiger partial charge in [0.05, 0.1) is 0 Å². The normalized spacial score (nSPS) is 12.1. The number of aliphatic carboxylic acids is 1. The SMILES string of the molecule is COCCCC(=O)NC(CCSC)C(=O)O. The van der Waals surface area contributed by atoms with Gasteiger partial charge < -0.3 is 15.2 Å². The molecule has 0 saturated heterocycles. The summed E-state index contributed by atoms with van der Waals surface area (Å²) in [5, 5.41) is 11.4. The standard InChI is InChI=1S/C10H19NO4S/c1-15-6-3-4-9(12)11-8(10(13)14)5-7-16-2/h8H,3-7H2,1-2H3,(H,11,12)(H,13,14). The summed E-state index contributed by atoms with van der Waals surface area (Å²) in [6.45, 7) is 0.510. The highest BCUT2D eigenvalue weighted by Gasteiger charge is 2.18. The van der Waals surface area contributed by atoms with Crippen LogP contribution in [-0.4, -0.2) is 48.8 Å². The van der Waals surface area contributed by atoms with Crippen LogP contribution < -0.4 is 5.32 Å². The number of carbonyl (C=O) groups is 2. The van der Waals surface area contributed by atoms with Gasteiger partial charge in [-0.05, 0) is 24.9 Å². The Hall–Kier alpha value is -0.750. The van der Waals surface area contributed by atoms with Gasteiger partial charge >= 0.3 is 5.97 Å². The summed E-state index contributed by atoms with van der Waals surface area (Å²) in [4.78, 5) is 22.2. The zero-order valence-corrected chi connectivity index (χ0v) is 10.5. The van der Waals surface area contributed by atoms with Crippen molar-refractivity contribution < 1.29 is 19.4 Å². The van der Waals surface area contributed by atoms with Gasteiger partial charge in [0.1, 0.15) is 6.04 Å². The molecule has 5 nitrogen and oxygen atoms in total. The topological polar surface area (TPSA) is 75.6 Å². The van der Waals surface area contributed by atoms with Crippen LogP contribution in [0.1, 0.15) is 19.3 Å². The quantitative estimate of drug-likeness (QED) is 0.589. The molecule has 1 unspecified atom stereocenters. The molecule has 0 heterocycles.